The largest absolute Gasteiger partial charge is 0.480 e. The van der Waals surface area contributed by atoms with E-state index in [2.05, 4.69) is 10.6 Å². The fraction of sp³-hybridized carbons (Fsp3) is 0.818. The first-order valence-corrected chi connectivity index (χ1v) is 8.36. The lowest BCUT2D eigenvalue weighted by Gasteiger charge is -2.23. The zero-order valence-electron chi connectivity index (χ0n) is 11.3. The molecule has 0 bridgehead atoms. The van der Waals surface area contributed by atoms with Crippen LogP contribution < -0.4 is 10.6 Å². The van der Waals surface area contributed by atoms with Gasteiger partial charge in [0, 0.05) is 19.3 Å². The Hall–Kier alpha value is -1.19. The summed E-state index contributed by atoms with van der Waals surface area (Å²) < 4.78 is 27.4. The SMILES string of the molecule is CS(=O)(=O)CCC(NC(=O)CC1CNCCO1)C(=O)O. The summed E-state index contributed by atoms with van der Waals surface area (Å²) in [4.78, 5) is 22.7. The van der Waals surface area contributed by atoms with Crippen molar-refractivity contribution in [2.24, 2.45) is 0 Å². The zero-order valence-corrected chi connectivity index (χ0v) is 12.1. The van der Waals surface area contributed by atoms with E-state index in [0.29, 0.717) is 13.2 Å². The summed E-state index contributed by atoms with van der Waals surface area (Å²) in [5.41, 5.74) is 0. The fourth-order valence-electron chi connectivity index (χ4n) is 1.80. The van der Waals surface area contributed by atoms with Crippen LogP contribution in [0.15, 0.2) is 0 Å². The summed E-state index contributed by atoms with van der Waals surface area (Å²) in [5, 5.41) is 14.4. The number of rotatable bonds is 7. The van der Waals surface area contributed by atoms with E-state index in [1.807, 2.05) is 0 Å². The summed E-state index contributed by atoms with van der Waals surface area (Å²) in [5.74, 6) is -1.99. The summed E-state index contributed by atoms with van der Waals surface area (Å²) >= 11 is 0. The van der Waals surface area contributed by atoms with Gasteiger partial charge in [0.1, 0.15) is 15.9 Å². The molecule has 0 saturated carbocycles. The number of carboxylic acids is 1. The van der Waals surface area contributed by atoms with E-state index in [4.69, 9.17) is 9.84 Å². The molecule has 2 atom stereocenters. The molecule has 0 radical (unpaired) electrons. The molecule has 1 fully saturated rings. The summed E-state index contributed by atoms with van der Waals surface area (Å²) in [6.07, 6.45) is 0.641. The Morgan fingerprint density at radius 2 is 2.20 bits per heavy atom. The van der Waals surface area contributed by atoms with Crippen LogP contribution in [-0.4, -0.2) is 69.3 Å². The monoisotopic (exact) mass is 308 g/mol. The molecule has 1 saturated heterocycles. The molecular weight excluding hydrogens is 288 g/mol. The van der Waals surface area contributed by atoms with Gasteiger partial charge in [0.2, 0.25) is 5.91 Å². The number of carboxylic acid groups (broad SMARTS) is 1. The lowest BCUT2D eigenvalue weighted by molar-refractivity contribution is -0.142. The maximum absolute atomic E-state index is 11.7. The van der Waals surface area contributed by atoms with Crippen molar-refractivity contribution in [1.29, 1.82) is 0 Å². The van der Waals surface area contributed by atoms with E-state index < -0.39 is 27.8 Å². The van der Waals surface area contributed by atoms with Crippen molar-refractivity contribution >= 4 is 21.7 Å². The number of hydrogen-bond acceptors (Lipinski definition) is 6. The third-order valence-corrected chi connectivity index (χ3v) is 3.81. The average molecular weight is 308 g/mol. The molecule has 8 nitrogen and oxygen atoms in total. The van der Waals surface area contributed by atoms with Gasteiger partial charge in [-0.15, -0.1) is 0 Å². The molecule has 1 heterocycles. The molecule has 1 aliphatic heterocycles. The zero-order chi connectivity index (χ0) is 15.2. The Balaban J connectivity index is 2.43. The number of amides is 1. The second-order valence-electron chi connectivity index (χ2n) is 4.78. The van der Waals surface area contributed by atoms with Crippen LogP contribution >= 0.6 is 0 Å². The van der Waals surface area contributed by atoms with Crippen molar-refractivity contribution in [2.75, 3.05) is 31.7 Å². The van der Waals surface area contributed by atoms with Crippen LogP contribution in [0.2, 0.25) is 0 Å². The van der Waals surface area contributed by atoms with Crippen molar-refractivity contribution in [1.82, 2.24) is 10.6 Å². The Kier molecular flexibility index (Phi) is 6.37. The van der Waals surface area contributed by atoms with Crippen LogP contribution in [0.3, 0.4) is 0 Å². The number of aliphatic carboxylic acids is 1. The minimum Gasteiger partial charge on any atom is -0.480 e. The molecule has 0 aromatic carbocycles. The molecule has 2 unspecified atom stereocenters. The highest BCUT2D eigenvalue weighted by Crippen LogP contribution is 2.03. The minimum atomic E-state index is -3.27. The van der Waals surface area contributed by atoms with Crippen molar-refractivity contribution in [3.63, 3.8) is 0 Å². The topological polar surface area (TPSA) is 122 Å². The van der Waals surface area contributed by atoms with Crippen LogP contribution in [0, 0.1) is 0 Å². The molecule has 0 aromatic heterocycles. The van der Waals surface area contributed by atoms with E-state index >= 15 is 0 Å². The fourth-order valence-corrected chi connectivity index (χ4v) is 2.46. The number of sulfone groups is 1. The highest BCUT2D eigenvalue weighted by atomic mass is 32.2. The van der Waals surface area contributed by atoms with E-state index in [9.17, 15) is 18.0 Å². The van der Waals surface area contributed by atoms with Gasteiger partial charge in [-0.25, -0.2) is 13.2 Å². The maximum Gasteiger partial charge on any atom is 0.326 e. The van der Waals surface area contributed by atoms with Crippen LogP contribution in [0.1, 0.15) is 12.8 Å². The molecule has 0 aliphatic carbocycles. The molecule has 0 spiro atoms. The van der Waals surface area contributed by atoms with Gasteiger partial charge in [0.25, 0.3) is 0 Å². The Bertz CT molecular complexity index is 444. The van der Waals surface area contributed by atoms with Crippen molar-refractivity contribution < 1.29 is 27.9 Å². The van der Waals surface area contributed by atoms with Crippen molar-refractivity contribution in [3.05, 3.63) is 0 Å². The Morgan fingerprint density at radius 1 is 1.50 bits per heavy atom. The summed E-state index contributed by atoms with van der Waals surface area (Å²) in [7, 11) is -3.27. The van der Waals surface area contributed by atoms with Gasteiger partial charge in [-0.05, 0) is 6.42 Å². The lowest BCUT2D eigenvalue weighted by Crippen LogP contribution is -2.46. The minimum absolute atomic E-state index is 0.0512. The van der Waals surface area contributed by atoms with Gasteiger partial charge in [-0.2, -0.15) is 0 Å². The number of nitrogens with one attached hydrogen (secondary N) is 2. The third kappa shape index (κ3) is 6.83. The van der Waals surface area contributed by atoms with E-state index in [0.717, 1.165) is 12.8 Å². The number of ether oxygens (including phenoxy) is 1. The molecule has 1 rings (SSSR count). The maximum atomic E-state index is 11.7. The molecule has 116 valence electrons. The van der Waals surface area contributed by atoms with E-state index in [1.54, 1.807) is 0 Å². The van der Waals surface area contributed by atoms with Gasteiger partial charge in [-0.1, -0.05) is 0 Å². The Morgan fingerprint density at radius 3 is 2.70 bits per heavy atom. The predicted octanol–water partition coefficient (Wildman–Crippen LogP) is -1.63. The van der Waals surface area contributed by atoms with Gasteiger partial charge >= 0.3 is 5.97 Å². The van der Waals surface area contributed by atoms with Gasteiger partial charge < -0.3 is 20.5 Å². The third-order valence-electron chi connectivity index (χ3n) is 2.83. The smallest absolute Gasteiger partial charge is 0.326 e. The molecule has 1 amide bonds. The first-order chi connectivity index (χ1) is 9.28. The standard InChI is InChI=1S/C11H20N2O6S/c1-20(17,18)5-2-9(11(15)16)13-10(14)6-8-7-12-3-4-19-8/h8-9,12H,2-7H2,1H3,(H,13,14)(H,15,16). The summed E-state index contributed by atoms with van der Waals surface area (Å²) in [6, 6.07) is -1.20. The predicted molar refractivity (Wildman–Crippen MR) is 71.1 cm³/mol. The molecule has 1 aliphatic rings. The second-order valence-corrected chi connectivity index (χ2v) is 7.04. The normalized spacial score (nSPS) is 21.1. The average Bonchev–Trinajstić information content (AvgIpc) is 2.34. The number of morpholine rings is 1. The first-order valence-electron chi connectivity index (χ1n) is 6.30. The quantitative estimate of drug-likeness (QED) is 0.516. The number of carbonyl (C=O) groups is 2. The lowest BCUT2D eigenvalue weighted by atomic mass is 10.2. The molecule has 3 N–H and O–H groups in total. The van der Waals surface area contributed by atoms with Crippen LogP contribution in [0.4, 0.5) is 0 Å². The Labute approximate surface area is 117 Å². The van der Waals surface area contributed by atoms with Crippen molar-refractivity contribution in [3.8, 4) is 0 Å². The van der Waals surface area contributed by atoms with Crippen LogP contribution in [0.25, 0.3) is 0 Å². The van der Waals surface area contributed by atoms with Gasteiger partial charge in [0.05, 0.1) is 24.9 Å². The highest BCUT2D eigenvalue weighted by molar-refractivity contribution is 7.90. The number of hydrogen-bond donors (Lipinski definition) is 3. The van der Waals surface area contributed by atoms with Crippen molar-refractivity contribution in [2.45, 2.75) is 25.0 Å². The molecule has 20 heavy (non-hydrogen) atoms. The van der Waals surface area contributed by atoms with Gasteiger partial charge in [-0.3, -0.25) is 4.79 Å². The van der Waals surface area contributed by atoms with E-state index in [1.165, 1.54) is 0 Å². The van der Waals surface area contributed by atoms with Crippen LogP contribution in [0.5, 0.6) is 0 Å². The number of carbonyl (C=O) groups excluding carboxylic acids is 1. The highest BCUT2D eigenvalue weighted by Gasteiger charge is 2.24. The van der Waals surface area contributed by atoms with Crippen LogP contribution in [-0.2, 0) is 24.2 Å². The molecular formula is C11H20N2O6S. The van der Waals surface area contributed by atoms with E-state index in [-0.39, 0.29) is 24.7 Å². The van der Waals surface area contributed by atoms with Gasteiger partial charge in [0.15, 0.2) is 0 Å². The second kappa shape index (κ2) is 7.55. The molecule has 9 heteroatoms. The molecule has 0 aromatic rings. The first kappa shape index (κ1) is 16.9. The summed E-state index contributed by atoms with van der Waals surface area (Å²) in [6.45, 7) is 1.77.